The van der Waals surface area contributed by atoms with Crippen LogP contribution in [0.1, 0.15) is 38.2 Å². The quantitative estimate of drug-likeness (QED) is 0.919. The minimum Gasteiger partial charge on any atom is -0.377 e. The number of methoxy groups -OCH3 is 1. The summed E-state index contributed by atoms with van der Waals surface area (Å²) in [7, 11) is 1.68. The van der Waals surface area contributed by atoms with Gasteiger partial charge >= 0.3 is 0 Å². The van der Waals surface area contributed by atoms with Crippen molar-refractivity contribution in [3.8, 4) is 0 Å². The Morgan fingerprint density at radius 3 is 2.30 bits per heavy atom. The summed E-state index contributed by atoms with van der Waals surface area (Å²) in [5, 5.41) is 0. The van der Waals surface area contributed by atoms with Gasteiger partial charge in [-0.3, -0.25) is 0 Å². The molecule has 1 aliphatic carbocycles. The largest absolute Gasteiger partial charge is 0.377 e. The van der Waals surface area contributed by atoms with Gasteiger partial charge in [0.1, 0.15) is 11.6 Å². The van der Waals surface area contributed by atoms with Crippen molar-refractivity contribution in [2.45, 2.75) is 50.7 Å². The summed E-state index contributed by atoms with van der Waals surface area (Å²) in [6.45, 7) is 2.23. The number of hydrogen-bond acceptors (Lipinski definition) is 2. The molecular formula is C16H23F2NO. The maximum absolute atomic E-state index is 13.2. The lowest BCUT2D eigenvalue weighted by Crippen LogP contribution is -2.52. The maximum Gasteiger partial charge on any atom is 0.126 e. The van der Waals surface area contributed by atoms with Crippen LogP contribution >= 0.6 is 0 Å². The van der Waals surface area contributed by atoms with E-state index in [0.29, 0.717) is 17.9 Å². The molecule has 0 heterocycles. The van der Waals surface area contributed by atoms with Crippen LogP contribution in [0.2, 0.25) is 0 Å². The summed E-state index contributed by atoms with van der Waals surface area (Å²) in [5.74, 6) is -0.427. The molecule has 0 bridgehead atoms. The SMILES string of the molecule is COC1(C(N)Cc2cc(F)cc(F)c2)CCC(C)CC1. The first-order valence-corrected chi connectivity index (χ1v) is 7.21. The fourth-order valence-electron chi connectivity index (χ4n) is 3.15. The second-order valence-corrected chi connectivity index (χ2v) is 6.04. The molecular weight excluding hydrogens is 260 g/mol. The van der Waals surface area contributed by atoms with Crippen molar-refractivity contribution in [2.24, 2.45) is 11.7 Å². The lowest BCUT2D eigenvalue weighted by atomic mass is 9.74. The number of nitrogens with two attached hydrogens (primary N) is 1. The van der Waals surface area contributed by atoms with Gasteiger partial charge in [-0.25, -0.2) is 8.78 Å². The summed E-state index contributed by atoms with van der Waals surface area (Å²) >= 11 is 0. The van der Waals surface area contributed by atoms with Crippen LogP contribution in [0.4, 0.5) is 8.78 Å². The van der Waals surface area contributed by atoms with Gasteiger partial charge in [0.15, 0.2) is 0 Å². The van der Waals surface area contributed by atoms with Crippen LogP contribution in [0, 0.1) is 17.6 Å². The number of hydrogen-bond donors (Lipinski definition) is 1. The normalized spacial score (nSPS) is 28.4. The van der Waals surface area contributed by atoms with E-state index in [1.165, 1.54) is 12.1 Å². The van der Waals surface area contributed by atoms with E-state index in [9.17, 15) is 8.78 Å². The third-order valence-electron chi connectivity index (χ3n) is 4.58. The highest BCUT2D eigenvalue weighted by Gasteiger charge is 2.39. The van der Waals surface area contributed by atoms with E-state index < -0.39 is 11.6 Å². The monoisotopic (exact) mass is 283 g/mol. The minimum atomic E-state index is -0.559. The molecule has 1 aromatic rings. The third-order valence-corrected chi connectivity index (χ3v) is 4.58. The number of ether oxygens (including phenoxy) is 1. The van der Waals surface area contributed by atoms with Crippen LogP contribution in [-0.2, 0) is 11.2 Å². The lowest BCUT2D eigenvalue weighted by Gasteiger charge is -2.42. The first-order valence-electron chi connectivity index (χ1n) is 7.21. The van der Waals surface area contributed by atoms with Gasteiger partial charge in [-0.15, -0.1) is 0 Å². The van der Waals surface area contributed by atoms with E-state index in [2.05, 4.69) is 6.92 Å². The smallest absolute Gasteiger partial charge is 0.126 e. The zero-order valence-electron chi connectivity index (χ0n) is 12.2. The Bertz CT molecular complexity index is 436. The highest BCUT2D eigenvalue weighted by atomic mass is 19.1. The summed E-state index contributed by atoms with van der Waals surface area (Å²) < 4.78 is 32.2. The first kappa shape index (κ1) is 15.4. The zero-order chi connectivity index (χ0) is 14.8. The van der Waals surface area contributed by atoms with Crippen LogP contribution in [0.5, 0.6) is 0 Å². The molecule has 1 saturated carbocycles. The van der Waals surface area contributed by atoms with Crippen LogP contribution in [0.3, 0.4) is 0 Å². The third kappa shape index (κ3) is 3.36. The minimum absolute atomic E-state index is 0.249. The van der Waals surface area contributed by atoms with Crippen molar-refractivity contribution in [1.29, 1.82) is 0 Å². The van der Waals surface area contributed by atoms with E-state index in [4.69, 9.17) is 10.5 Å². The average molecular weight is 283 g/mol. The van der Waals surface area contributed by atoms with Crippen LogP contribution < -0.4 is 5.73 Å². The standard InChI is InChI=1S/C16H23F2NO/c1-11-3-5-16(20-2,6-4-11)15(19)9-12-7-13(17)10-14(18)8-12/h7-8,10-11,15H,3-6,9,19H2,1-2H3. The molecule has 1 aromatic carbocycles. The Balaban J connectivity index is 2.11. The lowest BCUT2D eigenvalue weighted by molar-refractivity contribution is -0.0659. The van der Waals surface area contributed by atoms with E-state index >= 15 is 0 Å². The molecule has 0 amide bonds. The van der Waals surface area contributed by atoms with Gasteiger partial charge in [0.25, 0.3) is 0 Å². The highest BCUT2D eigenvalue weighted by Crippen LogP contribution is 2.37. The Morgan fingerprint density at radius 1 is 1.25 bits per heavy atom. The predicted octanol–water partition coefficient (Wildman–Crippen LogP) is 3.43. The molecule has 20 heavy (non-hydrogen) atoms. The second kappa shape index (κ2) is 6.19. The average Bonchev–Trinajstić information content (AvgIpc) is 2.38. The molecule has 4 heteroatoms. The molecule has 112 valence electrons. The van der Waals surface area contributed by atoms with Gasteiger partial charge in [-0.05, 0) is 55.7 Å². The van der Waals surface area contributed by atoms with E-state index in [0.717, 1.165) is 31.7 Å². The van der Waals surface area contributed by atoms with Crippen molar-refractivity contribution in [2.75, 3.05) is 7.11 Å². The Kier molecular flexibility index (Phi) is 4.76. The molecule has 0 saturated heterocycles. The fourth-order valence-corrected chi connectivity index (χ4v) is 3.15. The Hall–Kier alpha value is -1.00. The predicted molar refractivity (Wildman–Crippen MR) is 75.4 cm³/mol. The molecule has 0 spiro atoms. The molecule has 1 atom stereocenters. The van der Waals surface area contributed by atoms with Crippen molar-refractivity contribution in [3.05, 3.63) is 35.4 Å². The van der Waals surface area contributed by atoms with Crippen molar-refractivity contribution < 1.29 is 13.5 Å². The Morgan fingerprint density at radius 2 is 1.80 bits per heavy atom. The summed E-state index contributed by atoms with van der Waals surface area (Å²) in [6.07, 6.45) is 4.41. The zero-order valence-corrected chi connectivity index (χ0v) is 12.2. The van der Waals surface area contributed by atoms with Gasteiger partial charge in [-0.2, -0.15) is 0 Å². The van der Waals surface area contributed by atoms with Gasteiger partial charge in [-0.1, -0.05) is 6.92 Å². The van der Waals surface area contributed by atoms with Crippen LogP contribution in [0.25, 0.3) is 0 Å². The molecule has 1 aliphatic rings. The molecule has 2 nitrogen and oxygen atoms in total. The van der Waals surface area contributed by atoms with Gasteiger partial charge in [0, 0.05) is 19.2 Å². The van der Waals surface area contributed by atoms with Crippen molar-refractivity contribution >= 4 is 0 Å². The van der Waals surface area contributed by atoms with E-state index in [1.54, 1.807) is 7.11 Å². The van der Waals surface area contributed by atoms with Crippen molar-refractivity contribution in [1.82, 2.24) is 0 Å². The van der Waals surface area contributed by atoms with Gasteiger partial charge in [0.05, 0.1) is 5.60 Å². The topological polar surface area (TPSA) is 35.2 Å². The summed E-state index contributed by atoms with van der Waals surface area (Å²) in [6, 6.07) is 3.32. The molecule has 1 fully saturated rings. The summed E-state index contributed by atoms with van der Waals surface area (Å²) in [5.41, 5.74) is 6.52. The molecule has 0 radical (unpaired) electrons. The number of benzene rings is 1. The van der Waals surface area contributed by atoms with Gasteiger partial charge in [0.2, 0.25) is 0 Å². The van der Waals surface area contributed by atoms with E-state index in [1.807, 2.05) is 0 Å². The molecule has 2 rings (SSSR count). The number of halogens is 2. The van der Waals surface area contributed by atoms with Crippen LogP contribution in [-0.4, -0.2) is 18.8 Å². The van der Waals surface area contributed by atoms with Crippen LogP contribution in [0.15, 0.2) is 18.2 Å². The number of rotatable bonds is 4. The molecule has 2 N–H and O–H groups in total. The molecule has 0 aliphatic heterocycles. The highest BCUT2D eigenvalue weighted by molar-refractivity contribution is 5.20. The maximum atomic E-state index is 13.2. The molecule has 0 aromatic heterocycles. The Labute approximate surface area is 119 Å². The summed E-state index contributed by atoms with van der Waals surface area (Å²) in [4.78, 5) is 0. The fraction of sp³-hybridized carbons (Fsp3) is 0.625. The van der Waals surface area contributed by atoms with Gasteiger partial charge < -0.3 is 10.5 Å². The second-order valence-electron chi connectivity index (χ2n) is 6.04. The van der Waals surface area contributed by atoms with E-state index in [-0.39, 0.29) is 11.6 Å². The molecule has 1 unspecified atom stereocenters. The first-order chi connectivity index (χ1) is 9.45. The van der Waals surface area contributed by atoms with Crippen molar-refractivity contribution in [3.63, 3.8) is 0 Å².